The van der Waals surface area contributed by atoms with E-state index >= 15 is 0 Å². The largest absolute Gasteiger partial charge is 0.342 e. The van der Waals surface area contributed by atoms with Crippen LogP contribution in [0.5, 0.6) is 0 Å². The fourth-order valence-electron chi connectivity index (χ4n) is 5.65. The van der Waals surface area contributed by atoms with Gasteiger partial charge in [0.1, 0.15) is 0 Å². The van der Waals surface area contributed by atoms with E-state index in [2.05, 4.69) is 71.0 Å². The van der Waals surface area contributed by atoms with Crippen molar-refractivity contribution in [1.29, 1.82) is 0 Å². The Morgan fingerprint density at radius 3 is 1.97 bits per heavy atom. The average Bonchev–Trinajstić information content (AvgIpc) is 2.99. The zero-order valence-corrected chi connectivity index (χ0v) is 18.6. The molecule has 4 atom stereocenters. The van der Waals surface area contributed by atoms with Gasteiger partial charge < -0.3 is 9.47 Å². The van der Waals surface area contributed by atoms with Crippen LogP contribution in [0.15, 0.2) is 36.4 Å². The molecule has 5 rings (SSSR count). The second-order valence-electron chi connectivity index (χ2n) is 10.0. The molecule has 4 unspecified atom stereocenters. The van der Waals surface area contributed by atoms with Gasteiger partial charge in [-0.1, -0.05) is 52.0 Å². The molecular formula is C27H34O2. The molecule has 1 spiro atoms. The monoisotopic (exact) mass is 390 g/mol. The Balaban J connectivity index is 1.79. The Hall–Kier alpha value is -1.64. The zero-order chi connectivity index (χ0) is 20.4. The van der Waals surface area contributed by atoms with Gasteiger partial charge in [-0.25, -0.2) is 0 Å². The lowest BCUT2D eigenvalue weighted by Gasteiger charge is -2.39. The highest BCUT2D eigenvalue weighted by Gasteiger charge is 2.50. The highest BCUT2D eigenvalue weighted by atomic mass is 16.7. The predicted molar refractivity (Wildman–Crippen MR) is 118 cm³/mol. The fourth-order valence-corrected chi connectivity index (χ4v) is 5.65. The number of rotatable bonds is 2. The Bertz CT molecular complexity index is 963. The first-order valence-corrected chi connectivity index (χ1v) is 11.5. The van der Waals surface area contributed by atoms with E-state index in [0.29, 0.717) is 6.61 Å². The highest BCUT2D eigenvalue weighted by molar-refractivity contribution is 5.80. The van der Waals surface area contributed by atoms with Gasteiger partial charge in [-0.15, -0.1) is 0 Å². The number of hydrogen-bond donors (Lipinski definition) is 0. The molecular weight excluding hydrogens is 356 g/mol. The first kappa shape index (κ1) is 19.3. The molecule has 2 nitrogen and oxygen atoms in total. The second kappa shape index (κ2) is 6.43. The Kier molecular flexibility index (Phi) is 4.28. The van der Waals surface area contributed by atoms with E-state index in [1.807, 2.05) is 0 Å². The van der Waals surface area contributed by atoms with Crippen LogP contribution in [-0.2, 0) is 26.1 Å². The van der Waals surface area contributed by atoms with Gasteiger partial charge in [-0.3, -0.25) is 0 Å². The van der Waals surface area contributed by atoms with Gasteiger partial charge >= 0.3 is 0 Å². The van der Waals surface area contributed by atoms with Crippen LogP contribution in [0.4, 0.5) is 0 Å². The molecule has 2 heterocycles. The van der Waals surface area contributed by atoms with Crippen molar-refractivity contribution in [2.75, 3.05) is 6.61 Å². The minimum Gasteiger partial charge on any atom is -0.342 e. The van der Waals surface area contributed by atoms with Crippen molar-refractivity contribution >= 4 is 0 Å². The minimum atomic E-state index is -0.760. The van der Waals surface area contributed by atoms with Crippen molar-refractivity contribution in [2.45, 2.75) is 89.4 Å². The maximum atomic E-state index is 6.87. The van der Waals surface area contributed by atoms with E-state index in [0.717, 1.165) is 32.1 Å². The van der Waals surface area contributed by atoms with Gasteiger partial charge in [0, 0.05) is 11.1 Å². The van der Waals surface area contributed by atoms with Gasteiger partial charge in [-0.05, 0) is 84.2 Å². The van der Waals surface area contributed by atoms with Crippen LogP contribution < -0.4 is 0 Å². The number of fused-ring (bicyclic) bond motifs is 3. The van der Waals surface area contributed by atoms with Crippen molar-refractivity contribution in [2.24, 2.45) is 0 Å². The molecule has 29 heavy (non-hydrogen) atoms. The molecule has 0 radical (unpaired) electrons. The Morgan fingerprint density at radius 2 is 1.41 bits per heavy atom. The molecule has 2 aromatic rings. The predicted octanol–water partition coefficient (Wildman–Crippen LogP) is 6.82. The molecule has 0 fully saturated rings. The summed E-state index contributed by atoms with van der Waals surface area (Å²) in [4.78, 5) is 0. The van der Waals surface area contributed by atoms with E-state index in [1.54, 1.807) is 0 Å². The molecule has 4 bridgehead atoms. The third-order valence-corrected chi connectivity index (χ3v) is 8.42. The van der Waals surface area contributed by atoms with Gasteiger partial charge in [0.15, 0.2) is 0 Å². The molecule has 2 heteroatoms. The van der Waals surface area contributed by atoms with Crippen LogP contribution in [0.25, 0.3) is 11.1 Å². The maximum Gasteiger partial charge on any atom is 0.223 e. The van der Waals surface area contributed by atoms with Crippen LogP contribution in [0.3, 0.4) is 0 Å². The summed E-state index contributed by atoms with van der Waals surface area (Å²) in [5, 5.41) is 0. The van der Waals surface area contributed by atoms with Crippen LogP contribution in [0, 0.1) is 0 Å². The fraction of sp³-hybridized carbons (Fsp3) is 0.556. The molecule has 3 aliphatic rings. The van der Waals surface area contributed by atoms with Crippen molar-refractivity contribution < 1.29 is 9.47 Å². The molecule has 0 aromatic heterocycles. The zero-order valence-electron chi connectivity index (χ0n) is 18.6. The Morgan fingerprint density at radius 1 is 0.862 bits per heavy atom. The van der Waals surface area contributed by atoms with Crippen LogP contribution in [0.1, 0.15) is 89.0 Å². The first-order chi connectivity index (χ1) is 13.9. The lowest BCUT2D eigenvalue weighted by molar-refractivity contribution is -0.240. The van der Waals surface area contributed by atoms with Crippen molar-refractivity contribution in [1.82, 2.24) is 0 Å². The minimum absolute atomic E-state index is 0.148. The van der Waals surface area contributed by atoms with Gasteiger partial charge in [-0.2, -0.15) is 0 Å². The molecule has 1 aliphatic carbocycles. The summed E-state index contributed by atoms with van der Waals surface area (Å²) < 4.78 is 13.6. The second-order valence-corrected chi connectivity index (χ2v) is 10.0. The molecule has 0 amide bonds. The molecule has 0 N–H and O–H groups in total. The number of benzene rings is 2. The summed E-state index contributed by atoms with van der Waals surface area (Å²) >= 11 is 0. The maximum absolute atomic E-state index is 6.87. The van der Waals surface area contributed by atoms with Crippen LogP contribution >= 0.6 is 0 Å². The van der Waals surface area contributed by atoms with Crippen molar-refractivity contribution in [3.63, 3.8) is 0 Å². The summed E-state index contributed by atoms with van der Waals surface area (Å²) in [6.07, 6.45) is 5.60. The summed E-state index contributed by atoms with van der Waals surface area (Å²) in [6, 6.07) is 14.1. The van der Waals surface area contributed by atoms with Gasteiger partial charge in [0.2, 0.25) is 5.79 Å². The number of hydrogen-bond acceptors (Lipinski definition) is 2. The summed E-state index contributed by atoms with van der Waals surface area (Å²) in [5.74, 6) is -0.760. The van der Waals surface area contributed by atoms with Gasteiger partial charge in [0.25, 0.3) is 0 Å². The average molecular weight is 391 g/mol. The molecule has 2 aromatic carbocycles. The first-order valence-electron chi connectivity index (χ1n) is 11.5. The van der Waals surface area contributed by atoms with E-state index in [4.69, 9.17) is 9.47 Å². The highest BCUT2D eigenvalue weighted by Crippen LogP contribution is 2.55. The lowest BCUT2D eigenvalue weighted by atomic mass is 9.75. The van der Waals surface area contributed by atoms with Gasteiger partial charge in [0.05, 0.1) is 12.7 Å². The van der Waals surface area contributed by atoms with E-state index < -0.39 is 5.79 Å². The lowest BCUT2D eigenvalue weighted by Crippen LogP contribution is -2.39. The SMILES string of the molecule is CCC1(C)CCOC23OC(C)CCC(C)(CC)c4ccc(c2c4)-c2ccc1cc23. The topological polar surface area (TPSA) is 18.5 Å². The molecule has 0 saturated carbocycles. The van der Waals surface area contributed by atoms with Crippen LogP contribution in [-0.4, -0.2) is 12.7 Å². The van der Waals surface area contributed by atoms with Crippen LogP contribution in [0.2, 0.25) is 0 Å². The van der Waals surface area contributed by atoms with E-state index in [9.17, 15) is 0 Å². The third-order valence-electron chi connectivity index (χ3n) is 8.42. The van der Waals surface area contributed by atoms with Crippen molar-refractivity contribution in [3.8, 4) is 11.1 Å². The summed E-state index contributed by atoms with van der Waals surface area (Å²) in [6.45, 7) is 12.3. The van der Waals surface area contributed by atoms with E-state index in [-0.39, 0.29) is 16.9 Å². The molecule has 2 aliphatic heterocycles. The smallest absolute Gasteiger partial charge is 0.223 e. The summed E-state index contributed by atoms with van der Waals surface area (Å²) in [5.41, 5.74) is 8.17. The normalized spacial score (nSPS) is 35.3. The van der Waals surface area contributed by atoms with Crippen molar-refractivity contribution in [3.05, 3.63) is 58.7 Å². The summed E-state index contributed by atoms with van der Waals surface area (Å²) in [7, 11) is 0. The quantitative estimate of drug-likeness (QED) is 0.560. The number of ether oxygens (including phenoxy) is 2. The Labute approximate surface area is 175 Å². The van der Waals surface area contributed by atoms with E-state index in [1.165, 1.54) is 33.4 Å². The third kappa shape index (κ3) is 2.61. The molecule has 0 saturated heterocycles. The molecule has 154 valence electrons. The standard InChI is InChI=1S/C27H34O2/c1-6-25(4)13-12-18(3)29-27-23-16-19(25)8-10-21(23)22-11-9-20(17-24(22)27)26(5,7-2)14-15-28-27/h8-11,16-18H,6-7,12-15H2,1-5H3.